The number of nitrogens with zero attached hydrogens (tertiary/aromatic N) is 1. The third kappa shape index (κ3) is 4.87. The molecule has 3 amide bonds. The molecule has 2 N–H and O–H groups in total. The van der Waals surface area contributed by atoms with E-state index in [1.54, 1.807) is 26.0 Å². The quantitative estimate of drug-likeness (QED) is 0.712. The minimum Gasteiger partial charge on any atom is -0.353 e. The van der Waals surface area contributed by atoms with Crippen molar-refractivity contribution >= 4 is 11.9 Å². The van der Waals surface area contributed by atoms with E-state index in [0.29, 0.717) is 37.1 Å². The van der Waals surface area contributed by atoms with E-state index in [0.717, 1.165) is 0 Å². The number of urea groups is 1. The smallest absolute Gasteiger partial charge is 0.353 e. The Morgan fingerprint density at radius 2 is 1.90 bits per heavy atom. The number of carbonyl (C=O) groups excluding carboxylic acids is 2. The number of piperazine rings is 1. The molecule has 1 aliphatic carbocycles. The first-order valence-corrected chi connectivity index (χ1v) is 10.3. The highest BCUT2D eigenvalue weighted by Gasteiger charge is 2.43. The van der Waals surface area contributed by atoms with Gasteiger partial charge in [0.25, 0.3) is 0 Å². The SMILES string of the molecule is Cc1cc([C@H](NC(=O)N2CCNC(=O)[C@H]2C)C2CCC(C(F)(F)F)CC2)ccc1F. The molecule has 0 bridgehead atoms. The number of benzene rings is 1. The van der Waals surface area contributed by atoms with E-state index in [4.69, 9.17) is 0 Å². The predicted octanol–water partition coefficient (Wildman–Crippen LogP) is 4.07. The van der Waals surface area contributed by atoms with Crippen molar-refractivity contribution in [2.24, 2.45) is 11.8 Å². The molecule has 2 fully saturated rings. The van der Waals surface area contributed by atoms with Gasteiger partial charge in [-0.05, 0) is 62.6 Å². The summed E-state index contributed by atoms with van der Waals surface area (Å²) in [6, 6.07) is 2.86. The maximum absolute atomic E-state index is 13.8. The summed E-state index contributed by atoms with van der Waals surface area (Å²) in [7, 11) is 0. The normalized spacial score (nSPS) is 26.1. The van der Waals surface area contributed by atoms with Gasteiger partial charge in [-0.2, -0.15) is 13.2 Å². The van der Waals surface area contributed by atoms with Crippen molar-refractivity contribution in [2.45, 2.75) is 57.8 Å². The van der Waals surface area contributed by atoms with Gasteiger partial charge < -0.3 is 15.5 Å². The van der Waals surface area contributed by atoms with Crippen molar-refractivity contribution in [2.75, 3.05) is 13.1 Å². The van der Waals surface area contributed by atoms with Crippen LogP contribution in [0, 0.1) is 24.6 Å². The second-order valence-corrected chi connectivity index (χ2v) is 8.25. The van der Waals surface area contributed by atoms with E-state index >= 15 is 0 Å². The minimum atomic E-state index is -4.22. The number of carbonyl (C=O) groups is 2. The van der Waals surface area contributed by atoms with Gasteiger partial charge in [-0.25, -0.2) is 9.18 Å². The molecule has 1 aliphatic heterocycles. The molecule has 1 saturated heterocycles. The molecule has 0 radical (unpaired) electrons. The maximum atomic E-state index is 13.8. The van der Waals surface area contributed by atoms with Crippen molar-refractivity contribution < 1.29 is 27.2 Å². The van der Waals surface area contributed by atoms with Crippen LogP contribution in [0.4, 0.5) is 22.4 Å². The van der Waals surface area contributed by atoms with Gasteiger partial charge in [-0.1, -0.05) is 12.1 Å². The summed E-state index contributed by atoms with van der Waals surface area (Å²) in [6.45, 7) is 3.91. The van der Waals surface area contributed by atoms with Gasteiger partial charge in [0.2, 0.25) is 5.91 Å². The molecule has 2 atom stereocenters. The molecule has 1 aromatic carbocycles. The summed E-state index contributed by atoms with van der Waals surface area (Å²) < 4.78 is 53.0. The topological polar surface area (TPSA) is 61.4 Å². The van der Waals surface area contributed by atoms with Crippen LogP contribution in [-0.4, -0.2) is 42.1 Å². The van der Waals surface area contributed by atoms with Crippen LogP contribution in [0.5, 0.6) is 0 Å². The highest BCUT2D eigenvalue weighted by atomic mass is 19.4. The largest absolute Gasteiger partial charge is 0.391 e. The maximum Gasteiger partial charge on any atom is 0.391 e. The Bertz CT molecular complexity index is 791. The lowest BCUT2D eigenvalue weighted by Gasteiger charge is -2.38. The summed E-state index contributed by atoms with van der Waals surface area (Å²) >= 11 is 0. The summed E-state index contributed by atoms with van der Waals surface area (Å²) in [4.78, 5) is 26.3. The lowest BCUT2D eigenvalue weighted by molar-refractivity contribution is -0.184. The van der Waals surface area contributed by atoms with Crippen LogP contribution >= 0.6 is 0 Å². The number of nitrogens with one attached hydrogen (secondary N) is 2. The fraction of sp³-hybridized carbons (Fsp3) is 0.619. The lowest BCUT2D eigenvalue weighted by Crippen LogP contribution is -2.58. The van der Waals surface area contributed by atoms with Crippen LogP contribution in [0.1, 0.15) is 49.8 Å². The molecule has 0 aromatic heterocycles. The zero-order valence-corrected chi connectivity index (χ0v) is 17.1. The van der Waals surface area contributed by atoms with Crippen LogP contribution < -0.4 is 10.6 Å². The molecule has 3 rings (SSSR count). The summed E-state index contributed by atoms with van der Waals surface area (Å²) in [6.07, 6.45) is -3.59. The van der Waals surface area contributed by atoms with Crippen molar-refractivity contribution in [3.63, 3.8) is 0 Å². The first-order chi connectivity index (χ1) is 14.1. The monoisotopic (exact) mass is 429 g/mol. The van der Waals surface area contributed by atoms with Crippen LogP contribution in [0.2, 0.25) is 0 Å². The predicted molar refractivity (Wildman–Crippen MR) is 103 cm³/mol. The van der Waals surface area contributed by atoms with Gasteiger partial charge in [0.05, 0.1) is 12.0 Å². The van der Waals surface area contributed by atoms with Gasteiger partial charge in [0.1, 0.15) is 11.9 Å². The number of alkyl halides is 3. The number of rotatable bonds is 3. The summed E-state index contributed by atoms with van der Waals surface area (Å²) in [5.41, 5.74) is 1.06. The third-order valence-electron chi connectivity index (χ3n) is 6.29. The van der Waals surface area contributed by atoms with E-state index in [1.807, 2.05) is 0 Å². The Morgan fingerprint density at radius 3 is 2.50 bits per heavy atom. The molecule has 2 aliphatic rings. The molecule has 30 heavy (non-hydrogen) atoms. The van der Waals surface area contributed by atoms with E-state index in [1.165, 1.54) is 11.0 Å². The number of hydrogen-bond acceptors (Lipinski definition) is 2. The van der Waals surface area contributed by atoms with Gasteiger partial charge in [0.15, 0.2) is 0 Å². The number of halogens is 4. The molecule has 1 heterocycles. The average molecular weight is 429 g/mol. The first kappa shape index (κ1) is 22.4. The van der Waals surface area contributed by atoms with Crippen molar-refractivity contribution in [1.29, 1.82) is 0 Å². The van der Waals surface area contributed by atoms with Crippen LogP contribution in [-0.2, 0) is 4.79 Å². The van der Waals surface area contributed by atoms with Crippen molar-refractivity contribution in [3.8, 4) is 0 Å². The first-order valence-electron chi connectivity index (χ1n) is 10.3. The van der Waals surface area contributed by atoms with E-state index in [-0.39, 0.29) is 30.5 Å². The van der Waals surface area contributed by atoms with Crippen LogP contribution in [0.3, 0.4) is 0 Å². The highest BCUT2D eigenvalue weighted by molar-refractivity contribution is 5.88. The van der Waals surface area contributed by atoms with E-state index in [2.05, 4.69) is 10.6 Å². The number of aryl methyl sites for hydroxylation is 1. The Kier molecular flexibility index (Phi) is 6.57. The van der Waals surface area contributed by atoms with Gasteiger partial charge in [0, 0.05) is 13.1 Å². The second kappa shape index (κ2) is 8.81. The zero-order valence-electron chi connectivity index (χ0n) is 17.1. The zero-order chi connectivity index (χ0) is 22.1. The molecular weight excluding hydrogens is 402 g/mol. The molecule has 9 heteroatoms. The highest BCUT2D eigenvalue weighted by Crippen LogP contribution is 2.43. The van der Waals surface area contributed by atoms with Crippen molar-refractivity contribution in [1.82, 2.24) is 15.5 Å². The van der Waals surface area contributed by atoms with Crippen LogP contribution in [0.25, 0.3) is 0 Å². The molecule has 166 valence electrons. The van der Waals surface area contributed by atoms with Gasteiger partial charge in [-0.3, -0.25) is 4.79 Å². The number of hydrogen-bond donors (Lipinski definition) is 2. The average Bonchev–Trinajstić information content (AvgIpc) is 2.69. The Balaban J connectivity index is 1.80. The van der Waals surface area contributed by atoms with Gasteiger partial charge >= 0.3 is 12.2 Å². The van der Waals surface area contributed by atoms with Crippen LogP contribution in [0.15, 0.2) is 18.2 Å². The summed E-state index contributed by atoms with van der Waals surface area (Å²) in [5, 5.41) is 5.62. The van der Waals surface area contributed by atoms with Gasteiger partial charge in [-0.15, -0.1) is 0 Å². The molecule has 0 unspecified atom stereocenters. The third-order valence-corrected chi connectivity index (χ3v) is 6.29. The Labute approximate surface area is 173 Å². The Hall–Kier alpha value is -2.32. The second-order valence-electron chi connectivity index (χ2n) is 8.25. The fourth-order valence-corrected chi connectivity index (χ4v) is 4.39. The standard InChI is InChI=1S/C21H27F4N3O2/c1-12-11-15(5-8-17(12)22)18(14-3-6-16(7-4-14)21(23,24)25)27-20(30)28-10-9-26-19(29)13(28)2/h5,8,11,13-14,16,18H,3-4,6-7,9-10H2,1-2H3,(H,26,29)(H,27,30)/t13-,14?,16?,18-/m1/s1. The molecule has 1 saturated carbocycles. The minimum absolute atomic E-state index is 0.00321. The lowest BCUT2D eigenvalue weighted by atomic mass is 9.76. The summed E-state index contributed by atoms with van der Waals surface area (Å²) in [5.74, 6) is -2.17. The fourth-order valence-electron chi connectivity index (χ4n) is 4.39. The number of amides is 3. The van der Waals surface area contributed by atoms with E-state index in [9.17, 15) is 27.2 Å². The Morgan fingerprint density at radius 1 is 1.23 bits per heavy atom. The molecule has 1 aromatic rings. The molecule has 0 spiro atoms. The molecular formula is C21H27F4N3O2. The van der Waals surface area contributed by atoms with Crippen molar-refractivity contribution in [3.05, 3.63) is 35.1 Å². The van der Waals surface area contributed by atoms with E-state index < -0.39 is 30.2 Å². The molecule has 5 nitrogen and oxygen atoms in total.